The average molecular weight is 375 g/mol. The lowest BCUT2D eigenvalue weighted by Crippen LogP contribution is -2.36. The number of nitrogens with zero attached hydrogens (tertiary/aromatic N) is 2. The van der Waals surface area contributed by atoms with Crippen LogP contribution >= 0.6 is 0 Å². The van der Waals surface area contributed by atoms with E-state index in [-0.39, 0.29) is 5.56 Å². The number of para-hydroxylation sites is 1. The van der Waals surface area contributed by atoms with E-state index in [1.165, 1.54) is 18.5 Å². The molecule has 2 aliphatic heterocycles. The zero-order chi connectivity index (χ0) is 18.9. The van der Waals surface area contributed by atoms with Crippen molar-refractivity contribution in [1.82, 2.24) is 4.98 Å². The Hall–Kier alpha value is -2.79. The number of anilines is 2. The summed E-state index contributed by atoms with van der Waals surface area (Å²) in [6.45, 7) is 5.37. The highest BCUT2D eigenvalue weighted by atomic mass is 16.5. The Morgan fingerprint density at radius 2 is 1.64 bits per heavy atom. The first-order valence-electron chi connectivity index (χ1n) is 10.1. The van der Waals surface area contributed by atoms with Gasteiger partial charge in [-0.3, -0.25) is 4.79 Å². The summed E-state index contributed by atoms with van der Waals surface area (Å²) in [6.07, 6.45) is 2.46. The molecule has 3 aromatic rings. The lowest BCUT2D eigenvalue weighted by molar-refractivity contribution is 0.122. The van der Waals surface area contributed by atoms with Crippen molar-refractivity contribution >= 4 is 22.1 Å². The summed E-state index contributed by atoms with van der Waals surface area (Å²) in [4.78, 5) is 20.8. The van der Waals surface area contributed by atoms with Crippen LogP contribution in [0.25, 0.3) is 22.0 Å². The molecule has 2 fully saturated rings. The summed E-state index contributed by atoms with van der Waals surface area (Å²) < 4.78 is 5.44. The minimum absolute atomic E-state index is 0.0289. The molecule has 5 nitrogen and oxygen atoms in total. The number of fused-ring (bicyclic) bond motifs is 1. The van der Waals surface area contributed by atoms with Crippen LogP contribution in [0.1, 0.15) is 12.8 Å². The van der Waals surface area contributed by atoms with Gasteiger partial charge in [0.1, 0.15) is 0 Å². The highest BCUT2D eigenvalue weighted by Gasteiger charge is 2.18. The monoisotopic (exact) mass is 375 g/mol. The first kappa shape index (κ1) is 17.3. The second-order valence-electron chi connectivity index (χ2n) is 7.59. The van der Waals surface area contributed by atoms with Gasteiger partial charge in [-0.25, -0.2) is 0 Å². The summed E-state index contributed by atoms with van der Waals surface area (Å²) >= 11 is 0. The van der Waals surface area contributed by atoms with Gasteiger partial charge in [0, 0.05) is 48.5 Å². The molecule has 0 atom stereocenters. The molecule has 0 saturated carbocycles. The van der Waals surface area contributed by atoms with Crippen LogP contribution in [0.5, 0.6) is 0 Å². The standard InChI is InChI=1S/C23H25N3O2/c27-23-20-16-18(25-11-13-28-14-12-25)8-7-17(20)15-21(24-23)19-5-1-2-6-22(19)26-9-3-4-10-26/h1-2,5-8,15-16H,3-4,9-14H2,(H,24,27). The van der Waals surface area contributed by atoms with Crippen molar-refractivity contribution in [2.45, 2.75) is 12.8 Å². The fourth-order valence-corrected chi connectivity index (χ4v) is 4.35. The van der Waals surface area contributed by atoms with Gasteiger partial charge in [-0.2, -0.15) is 0 Å². The average Bonchev–Trinajstić information content (AvgIpc) is 3.29. The number of hydrogen-bond acceptors (Lipinski definition) is 4. The number of nitrogens with one attached hydrogen (secondary N) is 1. The highest BCUT2D eigenvalue weighted by Crippen LogP contribution is 2.32. The van der Waals surface area contributed by atoms with E-state index in [1.54, 1.807) is 0 Å². The molecule has 0 bridgehead atoms. The number of pyridine rings is 1. The van der Waals surface area contributed by atoms with E-state index in [0.717, 1.165) is 67.1 Å². The third kappa shape index (κ3) is 3.16. The van der Waals surface area contributed by atoms with Gasteiger partial charge in [0.25, 0.3) is 5.56 Å². The van der Waals surface area contributed by atoms with E-state index >= 15 is 0 Å². The molecule has 2 aromatic carbocycles. The van der Waals surface area contributed by atoms with Gasteiger partial charge in [-0.1, -0.05) is 24.3 Å². The van der Waals surface area contributed by atoms with Crippen LogP contribution in [0.2, 0.25) is 0 Å². The molecular formula is C23H25N3O2. The minimum atomic E-state index is -0.0289. The first-order chi connectivity index (χ1) is 13.8. The smallest absolute Gasteiger partial charge is 0.256 e. The van der Waals surface area contributed by atoms with E-state index < -0.39 is 0 Å². The Balaban J connectivity index is 1.56. The van der Waals surface area contributed by atoms with Crippen LogP contribution in [-0.4, -0.2) is 44.4 Å². The van der Waals surface area contributed by atoms with E-state index in [2.05, 4.69) is 51.2 Å². The summed E-state index contributed by atoms with van der Waals surface area (Å²) in [7, 11) is 0. The van der Waals surface area contributed by atoms with E-state index in [1.807, 2.05) is 12.1 Å². The van der Waals surface area contributed by atoms with Gasteiger partial charge >= 0.3 is 0 Å². The van der Waals surface area contributed by atoms with Crippen LogP contribution < -0.4 is 15.4 Å². The second-order valence-corrected chi connectivity index (χ2v) is 7.59. The van der Waals surface area contributed by atoms with Crippen molar-refractivity contribution < 1.29 is 4.74 Å². The van der Waals surface area contributed by atoms with Crippen LogP contribution in [0.3, 0.4) is 0 Å². The highest BCUT2D eigenvalue weighted by molar-refractivity contribution is 5.89. The molecular weight excluding hydrogens is 350 g/mol. The fourth-order valence-electron chi connectivity index (χ4n) is 4.35. The zero-order valence-corrected chi connectivity index (χ0v) is 16.0. The zero-order valence-electron chi connectivity index (χ0n) is 16.0. The van der Waals surface area contributed by atoms with Crippen LogP contribution in [0.4, 0.5) is 11.4 Å². The predicted molar refractivity (Wildman–Crippen MR) is 114 cm³/mol. The van der Waals surface area contributed by atoms with Crippen molar-refractivity contribution in [3.63, 3.8) is 0 Å². The number of aromatic amines is 1. The van der Waals surface area contributed by atoms with Crippen molar-refractivity contribution in [1.29, 1.82) is 0 Å². The van der Waals surface area contributed by atoms with Crippen LogP contribution in [0, 0.1) is 0 Å². The van der Waals surface area contributed by atoms with Gasteiger partial charge < -0.3 is 19.5 Å². The number of hydrogen-bond donors (Lipinski definition) is 1. The predicted octanol–water partition coefficient (Wildman–Crippen LogP) is 3.63. The Labute approximate surface area is 164 Å². The Morgan fingerprint density at radius 1 is 0.857 bits per heavy atom. The maximum absolute atomic E-state index is 12.9. The molecule has 1 N–H and O–H groups in total. The Bertz CT molecular complexity index is 1050. The Morgan fingerprint density at radius 3 is 2.46 bits per heavy atom. The molecule has 0 spiro atoms. The van der Waals surface area contributed by atoms with Crippen molar-refractivity contribution in [2.75, 3.05) is 49.2 Å². The van der Waals surface area contributed by atoms with E-state index in [4.69, 9.17) is 4.74 Å². The molecule has 0 radical (unpaired) electrons. The lowest BCUT2D eigenvalue weighted by atomic mass is 10.0. The SMILES string of the molecule is O=c1[nH]c(-c2ccccc2N2CCCC2)cc2ccc(N3CCOCC3)cc12. The number of ether oxygens (including phenoxy) is 1. The van der Waals surface area contributed by atoms with E-state index in [9.17, 15) is 4.79 Å². The summed E-state index contributed by atoms with van der Waals surface area (Å²) in [6, 6.07) is 16.7. The largest absolute Gasteiger partial charge is 0.378 e. The molecule has 28 heavy (non-hydrogen) atoms. The molecule has 1 aromatic heterocycles. The number of benzene rings is 2. The summed E-state index contributed by atoms with van der Waals surface area (Å²) in [5, 5.41) is 1.72. The molecule has 144 valence electrons. The van der Waals surface area contributed by atoms with Crippen LogP contribution in [-0.2, 0) is 4.74 Å². The number of rotatable bonds is 3. The molecule has 0 aliphatic carbocycles. The first-order valence-corrected chi connectivity index (χ1v) is 10.1. The van der Waals surface area contributed by atoms with Crippen LogP contribution in [0.15, 0.2) is 53.3 Å². The maximum Gasteiger partial charge on any atom is 0.256 e. The van der Waals surface area contributed by atoms with Gasteiger partial charge in [0.05, 0.1) is 18.9 Å². The van der Waals surface area contributed by atoms with Gasteiger partial charge in [-0.05, 0) is 42.5 Å². The molecule has 5 heteroatoms. The summed E-state index contributed by atoms with van der Waals surface area (Å²) in [5.41, 5.74) is 4.25. The van der Waals surface area contributed by atoms with E-state index in [0.29, 0.717) is 0 Å². The molecule has 0 unspecified atom stereocenters. The lowest BCUT2D eigenvalue weighted by Gasteiger charge is -2.29. The fraction of sp³-hybridized carbons (Fsp3) is 0.348. The number of H-pyrrole nitrogens is 1. The second kappa shape index (κ2) is 7.32. The minimum Gasteiger partial charge on any atom is -0.378 e. The quantitative estimate of drug-likeness (QED) is 0.759. The number of morpholine rings is 1. The summed E-state index contributed by atoms with van der Waals surface area (Å²) in [5.74, 6) is 0. The molecule has 2 aliphatic rings. The third-order valence-corrected chi connectivity index (χ3v) is 5.85. The molecule has 2 saturated heterocycles. The Kier molecular flexibility index (Phi) is 4.53. The van der Waals surface area contributed by atoms with Gasteiger partial charge in [0.2, 0.25) is 0 Å². The van der Waals surface area contributed by atoms with Gasteiger partial charge in [0.15, 0.2) is 0 Å². The normalized spacial score (nSPS) is 17.4. The number of aromatic nitrogens is 1. The van der Waals surface area contributed by atoms with Crippen molar-refractivity contribution in [3.05, 3.63) is 58.9 Å². The van der Waals surface area contributed by atoms with Gasteiger partial charge in [-0.15, -0.1) is 0 Å². The molecule has 0 amide bonds. The molecule has 3 heterocycles. The maximum atomic E-state index is 12.9. The molecule has 5 rings (SSSR count). The third-order valence-electron chi connectivity index (χ3n) is 5.85. The van der Waals surface area contributed by atoms with Crippen molar-refractivity contribution in [3.8, 4) is 11.3 Å². The van der Waals surface area contributed by atoms with Crippen molar-refractivity contribution in [2.24, 2.45) is 0 Å². The topological polar surface area (TPSA) is 48.6 Å².